The standard InChI is InChI=1S/C15H23N3O3/c1-16-6-9-21-14(10-16)15(19)18-7-8-20-11-13(18)12-4-3-5-17(12)2/h3-5,13-14H,6-11H2,1-2H3. The Hall–Kier alpha value is -1.37. The van der Waals surface area contributed by atoms with Crippen molar-refractivity contribution in [2.45, 2.75) is 12.1 Å². The minimum atomic E-state index is -0.357. The molecule has 1 aromatic rings. The second-order valence-corrected chi connectivity index (χ2v) is 5.79. The van der Waals surface area contributed by atoms with Gasteiger partial charge in [-0.25, -0.2) is 0 Å². The summed E-state index contributed by atoms with van der Waals surface area (Å²) in [6, 6.07) is 4.02. The first-order valence-electron chi connectivity index (χ1n) is 7.46. The van der Waals surface area contributed by atoms with E-state index in [-0.39, 0.29) is 18.1 Å². The SMILES string of the molecule is CN1CCOC(C(=O)N2CCOCC2c2cccn2C)C1. The van der Waals surface area contributed by atoms with E-state index in [0.29, 0.717) is 32.9 Å². The van der Waals surface area contributed by atoms with Crippen LogP contribution < -0.4 is 0 Å². The van der Waals surface area contributed by atoms with Crippen LogP contribution in [0.25, 0.3) is 0 Å². The second-order valence-electron chi connectivity index (χ2n) is 5.79. The molecule has 3 rings (SSSR count). The maximum Gasteiger partial charge on any atom is 0.253 e. The van der Waals surface area contributed by atoms with Crippen molar-refractivity contribution in [2.24, 2.45) is 7.05 Å². The molecule has 0 radical (unpaired) electrons. The Morgan fingerprint density at radius 1 is 1.29 bits per heavy atom. The van der Waals surface area contributed by atoms with Gasteiger partial charge in [0.2, 0.25) is 0 Å². The molecule has 2 saturated heterocycles. The number of carbonyl (C=O) groups excluding carboxylic acids is 1. The summed E-state index contributed by atoms with van der Waals surface area (Å²) in [5.74, 6) is 0.0797. The topological polar surface area (TPSA) is 46.9 Å². The first-order chi connectivity index (χ1) is 10.2. The number of carbonyl (C=O) groups is 1. The van der Waals surface area contributed by atoms with Crippen LogP contribution in [0.4, 0.5) is 0 Å². The van der Waals surface area contributed by atoms with Crippen LogP contribution in [0.1, 0.15) is 11.7 Å². The highest BCUT2D eigenvalue weighted by molar-refractivity contribution is 5.82. The van der Waals surface area contributed by atoms with Gasteiger partial charge in [0, 0.05) is 38.6 Å². The normalized spacial score (nSPS) is 27.8. The van der Waals surface area contributed by atoms with E-state index in [0.717, 1.165) is 12.2 Å². The number of aryl methyl sites for hydroxylation is 1. The van der Waals surface area contributed by atoms with Crippen LogP contribution in [0, 0.1) is 0 Å². The van der Waals surface area contributed by atoms with E-state index >= 15 is 0 Å². The van der Waals surface area contributed by atoms with Crippen molar-refractivity contribution in [3.63, 3.8) is 0 Å². The Morgan fingerprint density at radius 2 is 2.14 bits per heavy atom. The number of aromatic nitrogens is 1. The Kier molecular flexibility index (Phi) is 4.28. The highest BCUT2D eigenvalue weighted by atomic mass is 16.5. The van der Waals surface area contributed by atoms with Crippen LogP contribution in [0.3, 0.4) is 0 Å². The molecule has 3 heterocycles. The molecule has 0 aromatic carbocycles. The van der Waals surface area contributed by atoms with Crippen molar-refractivity contribution < 1.29 is 14.3 Å². The predicted octanol–water partition coefficient (Wildman–Crippen LogP) is 0.256. The molecule has 2 unspecified atom stereocenters. The largest absolute Gasteiger partial charge is 0.377 e. The molecule has 2 aliphatic rings. The summed E-state index contributed by atoms with van der Waals surface area (Å²) in [5.41, 5.74) is 1.10. The average Bonchev–Trinajstić information content (AvgIpc) is 2.92. The van der Waals surface area contributed by atoms with Crippen molar-refractivity contribution in [3.8, 4) is 0 Å². The number of hydrogen-bond acceptors (Lipinski definition) is 4. The van der Waals surface area contributed by atoms with E-state index in [1.165, 1.54) is 0 Å². The number of hydrogen-bond donors (Lipinski definition) is 0. The van der Waals surface area contributed by atoms with Crippen molar-refractivity contribution in [1.82, 2.24) is 14.4 Å². The van der Waals surface area contributed by atoms with Crippen LogP contribution in [0.15, 0.2) is 18.3 Å². The second kappa shape index (κ2) is 6.17. The fourth-order valence-electron chi connectivity index (χ4n) is 3.05. The van der Waals surface area contributed by atoms with Gasteiger partial charge >= 0.3 is 0 Å². The smallest absolute Gasteiger partial charge is 0.253 e. The number of rotatable bonds is 2. The van der Waals surface area contributed by atoms with Crippen molar-refractivity contribution in [1.29, 1.82) is 0 Å². The minimum Gasteiger partial charge on any atom is -0.377 e. The van der Waals surface area contributed by atoms with Crippen molar-refractivity contribution >= 4 is 5.91 Å². The van der Waals surface area contributed by atoms with E-state index in [1.54, 1.807) is 0 Å². The average molecular weight is 293 g/mol. The molecule has 0 saturated carbocycles. The molecular weight excluding hydrogens is 270 g/mol. The molecule has 6 nitrogen and oxygen atoms in total. The van der Waals surface area contributed by atoms with Gasteiger partial charge in [-0.05, 0) is 19.2 Å². The summed E-state index contributed by atoms with van der Waals surface area (Å²) >= 11 is 0. The summed E-state index contributed by atoms with van der Waals surface area (Å²) < 4.78 is 13.3. The maximum absolute atomic E-state index is 12.8. The fourth-order valence-corrected chi connectivity index (χ4v) is 3.05. The zero-order valence-electron chi connectivity index (χ0n) is 12.7. The van der Waals surface area contributed by atoms with Crippen LogP contribution in [-0.4, -0.2) is 72.9 Å². The zero-order valence-corrected chi connectivity index (χ0v) is 12.7. The number of nitrogens with zero attached hydrogens (tertiary/aromatic N) is 3. The van der Waals surface area contributed by atoms with Gasteiger partial charge in [0.25, 0.3) is 5.91 Å². The molecule has 6 heteroatoms. The van der Waals surface area contributed by atoms with Gasteiger partial charge in [0.15, 0.2) is 0 Å². The molecule has 2 aliphatic heterocycles. The third-order valence-electron chi connectivity index (χ3n) is 4.28. The van der Waals surface area contributed by atoms with E-state index in [1.807, 2.05) is 41.9 Å². The quantitative estimate of drug-likeness (QED) is 0.784. The highest BCUT2D eigenvalue weighted by Crippen LogP contribution is 2.25. The minimum absolute atomic E-state index is 0.0258. The molecular formula is C15H23N3O3. The summed E-state index contributed by atoms with van der Waals surface area (Å²) in [7, 11) is 4.02. The third-order valence-corrected chi connectivity index (χ3v) is 4.28. The lowest BCUT2D eigenvalue weighted by atomic mass is 10.1. The Morgan fingerprint density at radius 3 is 2.86 bits per heavy atom. The summed E-state index contributed by atoms with van der Waals surface area (Å²) in [6.07, 6.45) is 1.64. The number of morpholine rings is 2. The summed E-state index contributed by atoms with van der Waals surface area (Å²) in [4.78, 5) is 16.9. The monoisotopic (exact) mass is 293 g/mol. The van der Waals surface area contributed by atoms with Gasteiger partial charge in [-0.1, -0.05) is 0 Å². The molecule has 21 heavy (non-hydrogen) atoms. The third kappa shape index (κ3) is 2.97. The molecule has 1 amide bonds. The van der Waals surface area contributed by atoms with Crippen molar-refractivity contribution in [2.75, 3.05) is 46.5 Å². The van der Waals surface area contributed by atoms with Gasteiger partial charge in [0.05, 0.1) is 25.9 Å². The zero-order chi connectivity index (χ0) is 14.8. The number of amides is 1. The molecule has 0 spiro atoms. The van der Waals surface area contributed by atoms with E-state index in [4.69, 9.17) is 9.47 Å². The van der Waals surface area contributed by atoms with Gasteiger partial charge < -0.3 is 23.8 Å². The number of likely N-dealkylation sites (N-methyl/N-ethyl adjacent to an activating group) is 1. The molecule has 116 valence electrons. The molecule has 1 aromatic heterocycles. The van der Waals surface area contributed by atoms with E-state index < -0.39 is 0 Å². The van der Waals surface area contributed by atoms with Gasteiger partial charge in [0.1, 0.15) is 6.10 Å². The lowest BCUT2D eigenvalue weighted by molar-refractivity contribution is -0.157. The predicted molar refractivity (Wildman–Crippen MR) is 77.9 cm³/mol. The van der Waals surface area contributed by atoms with E-state index in [2.05, 4.69) is 4.90 Å². The van der Waals surface area contributed by atoms with Gasteiger partial charge in [-0.2, -0.15) is 0 Å². The van der Waals surface area contributed by atoms with Gasteiger partial charge in [-0.15, -0.1) is 0 Å². The lowest BCUT2D eigenvalue weighted by Gasteiger charge is -2.39. The van der Waals surface area contributed by atoms with Gasteiger partial charge in [-0.3, -0.25) is 4.79 Å². The molecule has 2 atom stereocenters. The summed E-state index contributed by atoms with van der Waals surface area (Å²) in [6.45, 7) is 3.93. The van der Waals surface area contributed by atoms with E-state index in [9.17, 15) is 4.79 Å². The Labute approximate surface area is 125 Å². The Bertz CT molecular complexity index is 502. The van der Waals surface area contributed by atoms with Crippen LogP contribution in [0.2, 0.25) is 0 Å². The molecule has 0 aliphatic carbocycles. The molecule has 0 bridgehead atoms. The maximum atomic E-state index is 12.8. The first kappa shape index (κ1) is 14.6. The molecule has 0 N–H and O–H groups in total. The number of ether oxygens (including phenoxy) is 2. The highest BCUT2D eigenvalue weighted by Gasteiger charge is 2.35. The van der Waals surface area contributed by atoms with Crippen LogP contribution in [-0.2, 0) is 21.3 Å². The van der Waals surface area contributed by atoms with Crippen molar-refractivity contribution in [3.05, 3.63) is 24.0 Å². The van der Waals surface area contributed by atoms with Crippen LogP contribution >= 0.6 is 0 Å². The lowest BCUT2D eigenvalue weighted by Crippen LogP contribution is -2.53. The summed E-state index contributed by atoms with van der Waals surface area (Å²) in [5, 5.41) is 0. The first-order valence-corrected chi connectivity index (χ1v) is 7.46. The fraction of sp³-hybridized carbons (Fsp3) is 0.667. The van der Waals surface area contributed by atoms with Crippen LogP contribution in [0.5, 0.6) is 0 Å². The molecule has 2 fully saturated rings. The Balaban J connectivity index is 1.77.